The maximum Gasteiger partial charge on any atom is 0.182 e. The Labute approximate surface area is 130 Å². The second-order valence-electron chi connectivity index (χ2n) is 4.61. The van der Waals surface area contributed by atoms with Gasteiger partial charge in [-0.3, -0.25) is 0 Å². The molecule has 6 heteroatoms. The lowest BCUT2D eigenvalue weighted by atomic mass is 10.2. The summed E-state index contributed by atoms with van der Waals surface area (Å²) in [5.74, 6) is 1.99. The van der Waals surface area contributed by atoms with Crippen LogP contribution in [0, 0.1) is 6.92 Å². The molecule has 0 N–H and O–H groups in total. The summed E-state index contributed by atoms with van der Waals surface area (Å²) in [7, 11) is 3.22. The zero-order valence-corrected chi connectivity index (χ0v) is 13.5. The van der Waals surface area contributed by atoms with E-state index in [1.165, 1.54) is 0 Å². The molecule has 2 heterocycles. The summed E-state index contributed by atoms with van der Waals surface area (Å²) >= 11 is 3.47. The van der Waals surface area contributed by atoms with E-state index in [0.29, 0.717) is 17.3 Å². The molecule has 2 aromatic heterocycles. The van der Waals surface area contributed by atoms with Crippen LogP contribution < -0.4 is 9.47 Å². The SMILES string of the molecule is COc1ccc(-c2nc3c(C)cc(Br)cn3n2)cc1OC. The molecule has 0 amide bonds. The Hall–Kier alpha value is -2.08. The number of halogens is 1. The van der Waals surface area contributed by atoms with Crippen molar-refractivity contribution in [2.24, 2.45) is 0 Å². The third kappa shape index (κ3) is 2.47. The maximum absolute atomic E-state index is 5.32. The van der Waals surface area contributed by atoms with Gasteiger partial charge in [0.25, 0.3) is 0 Å². The Morgan fingerprint density at radius 2 is 1.86 bits per heavy atom. The molecule has 0 spiro atoms. The van der Waals surface area contributed by atoms with E-state index >= 15 is 0 Å². The van der Waals surface area contributed by atoms with E-state index in [0.717, 1.165) is 21.2 Å². The molecule has 0 atom stereocenters. The Kier molecular flexibility index (Phi) is 3.55. The lowest BCUT2D eigenvalue weighted by Crippen LogP contribution is -1.92. The van der Waals surface area contributed by atoms with Crippen molar-refractivity contribution in [2.75, 3.05) is 14.2 Å². The lowest BCUT2D eigenvalue weighted by Gasteiger charge is -2.07. The third-order valence-electron chi connectivity index (χ3n) is 3.23. The van der Waals surface area contributed by atoms with Gasteiger partial charge in [-0.15, -0.1) is 5.10 Å². The van der Waals surface area contributed by atoms with Crippen LogP contribution in [0.4, 0.5) is 0 Å². The molecule has 3 aromatic rings. The summed E-state index contributed by atoms with van der Waals surface area (Å²) in [5.41, 5.74) is 2.78. The summed E-state index contributed by atoms with van der Waals surface area (Å²) in [6, 6.07) is 7.66. The summed E-state index contributed by atoms with van der Waals surface area (Å²) < 4.78 is 13.3. The normalized spacial score (nSPS) is 10.9. The quantitative estimate of drug-likeness (QED) is 0.727. The van der Waals surface area contributed by atoms with E-state index in [9.17, 15) is 0 Å². The van der Waals surface area contributed by atoms with Gasteiger partial charge >= 0.3 is 0 Å². The Bertz CT molecular complexity index is 814. The molecule has 0 aliphatic carbocycles. The number of pyridine rings is 1. The molecule has 108 valence electrons. The zero-order valence-electron chi connectivity index (χ0n) is 11.9. The molecule has 0 radical (unpaired) electrons. The minimum Gasteiger partial charge on any atom is -0.493 e. The van der Waals surface area contributed by atoms with Crippen molar-refractivity contribution in [1.29, 1.82) is 0 Å². The number of hydrogen-bond donors (Lipinski definition) is 0. The van der Waals surface area contributed by atoms with Crippen molar-refractivity contribution in [3.8, 4) is 22.9 Å². The van der Waals surface area contributed by atoms with Crippen LogP contribution in [0.3, 0.4) is 0 Å². The van der Waals surface area contributed by atoms with Crippen LogP contribution in [-0.4, -0.2) is 28.8 Å². The van der Waals surface area contributed by atoms with E-state index in [2.05, 4.69) is 26.0 Å². The van der Waals surface area contributed by atoms with Crippen molar-refractivity contribution in [2.45, 2.75) is 6.92 Å². The molecule has 0 saturated carbocycles. The maximum atomic E-state index is 5.32. The van der Waals surface area contributed by atoms with Crippen molar-refractivity contribution >= 4 is 21.6 Å². The number of aryl methyl sites for hydroxylation is 1. The highest BCUT2D eigenvalue weighted by Crippen LogP contribution is 2.31. The highest BCUT2D eigenvalue weighted by Gasteiger charge is 2.12. The highest BCUT2D eigenvalue weighted by atomic mass is 79.9. The molecule has 0 unspecified atom stereocenters. The van der Waals surface area contributed by atoms with Gasteiger partial charge in [0.1, 0.15) is 0 Å². The molecule has 3 rings (SSSR count). The van der Waals surface area contributed by atoms with Crippen molar-refractivity contribution < 1.29 is 9.47 Å². The van der Waals surface area contributed by atoms with E-state index < -0.39 is 0 Å². The number of nitrogens with zero attached hydrogens (tertiary/aromatic N) is 3. The fourth-order valence-electron chi connectivity index (χ4n) is 2.21. The van der Waals surface area contributed by atoms with E-state index in [1.54, 1.807) is 18.7 Å². The van der Waals surface area contributed by atoms with Gasteiger partial charge in [0, 0.05) is 16.2 Å². The third-order valence-corrected chi connectivity index (χ3v) is 3.66. The molecule has 0 bridgehead atoms. The minimum absolute atomic E-state index is 0.650. The molecule has 21 heavy (non-hydrogen) atoms. The van der Waals surface area contributed by atoms with Crippen LogP contribution in [0.5, 0.6) is 11.5 Å². The second-order valence-corrected chi connectivity index (χ2v) is 5.53. The molecule has 0 aliphatic heterocycles. The second kappa shape index (κ2) is 5.37. The van der Waals surface area contributed by atoms with Crippen molar-refractivity contribution in [3.05, 3.63) is 40.5 Å². The first kappa shape index (κ1) is 13.9. The molecule has 5 nitrogen and oxygen atoms in total. The standard InChI is InChI=1S/C15H14BrN3O2/c1-9-6-11(16)8-19-15(9)17-14(18-19)10-4-5-12(20-2)13(7-10)21-3/h4-8H,1-3H3. The topological polar surface area (TPSA) is 48.7 Å². The van der Waals surface area contributed by atoms with E-state index in [4.69, 9.17) is 9.47 Å². The predicted molar refractivity (Wildman–Crippen MR) is 84.0 cm³/mol. The van der Waals surface area contributed by atoms with Crippen LogP contribution >= 0.6 is 15.9 Å². The summed E-state index contributed by atoms with van der Waals surface area (Å²) in [4.78, 5) is 4.59. The molecule has 1 aromatic carbocycles. The highest BCUT2D eigenvalue weighted by molar-refractivity contribution is 9.10. The van der Waals surface area contributed by atoms with E-state index in [-0.39, 0.29) is 0 Å². The Morgan fingerprint density at radius 1 is 1.10 bits per heavy atom. The Balaban J connectivity index is 2.14. The Morgan fingerprint density at radius 3 is 2.57 bits per heavy atom. The van der Waals surface area contributed by atoms with Gasteiger partial charge in [-0.1, -0.05) is 0 Å². The first-order chi connectivity index (χ1) is 10.1. The summed E-state index contributed by atoms with van der Waals surface area (Å²) in [6.07, 6.45) is 1.89. The minimum atomic E-state index is 0.650. The number of rotatable bonds is 3. The summed E-state index contributed by atoms with van der Waals surface area (Å²) in [6.45, 7) is 2.01. The van der Waals surface area contributed by atoms with Gasteiger partial charge in [-0.05, 0) is 52.7 Å². The number of ether oxygens (including phenoxy) is 2. The first-order valence-corrected chi connectivity index (χ1v) is 7.16. The molecular formula is C15H14BrN3O2. The van der Waals surface area contributed by atoms with Gasteiger partial charge in [0.15, 0.2) is 23.0 Å². The van der Waals surface area contributed by atoms with Crippen molar-refractivity contribution in [1.82, 2.24) is 14.6 Å². The van der Waals surface area contributed by atoms with Crippen LogP contribution in [-0.2, 0) is 0 Å². The monoisotopic (exact) mass is 347 g/mol. The van der Waals surface area contributed by atoms with Crippen LogP contribution in [0.25, 0.3) is 17.0 Å². The molecular weight excluding hydrogens is 334 g/mol. The van der Waals surface area contributed by atoms with Gasteiger partial charge < -0.3 is 9.47 Å². The van der Waals surface area contributed by atoms with Crippen LogP contribution in [0.15, 0.2) is 34.9 Å². The average Bonchev–Trinajstić information content (AvgIpc) is 2.90. The number of benzene rings is 1. The molecule has 0 aliphatic rings. The number of methoxy groups -OCH3 is 2. The number of fused-ring (bicyclic) bond motifs is 1. The summed E-state index contributed by atoms with van der Waals surface area (Å²) in [5, 5.41) is 4.51. The predicted octanol–water partition coefficient (Wildman–Crippen LogP) is 3.48. The smallest absolute Gasteiger partial charge is 0.182 e. The van der Waals surface area contributed by atoms with Gasteiger partial charge in [0.2, 0.25) is 0 Å². The fourth-order valence-corrected chi connectivity index (χ4v) is 2.74. The van der Waals surface area contributed by atoms with Crippen LogP contribution in [0.2, 0.25) is 0 Å². The largest absolute Gasteiger partial charge is 0.493 e. The van der Waals surface area contributed by atoms with Gasteiger partial charge in [0.05, 0.1) is 14.2 Å². The van der Waals surface area contributed by atoms with Crippen molar-refractivity contribution in [3.63, 3.8) is 0 Å². The van der Waals surface area contributed by atoms with E-state index in [1.807, 2.05) is 37.4 Å². The van der Waals surface area contributed by atoms with Gasteiger partial charge in [-0.2, -0.15) is 0 Å². The zero-order chi connectivity index (χ0) is 15.0. The molecule has 0 saturated heterocycles. The number of aromatic nitrogens is 3. The van der Waals surface area contributed by atoms with Gasteiger partial charge in [-0.25, -0.2) is 9.50 Å². The number of hydrogen-bond acceptors (Lipinski definition) is 4. The first-order valence-electron chi connectivity index (χ1n) is 6.37. The lowest BCUT2D eigenvalue weighted by molar-refractivity contribution is 0.355. The fraction of sp³-hybridized carbons (Fsp3) is 0.200. The average molecular weight is 348 g/mol. The van der Waals surface area contributed by atoms with Crippen LogP contribution in [0.1, 0.15) is 5.56 Å². The molecule has 0 fully saturated rings.